The summed E-state index contributed by atoms with van der Waals surface area (Å²) in [6.45, 7) is 4.87. The topological polar surface area (TPSA) is 64.6 Å². The lowest BCUT2D eigenvalue weighted by molar-refractivity contribution is -0.133. The minimum Gasteiger partial charge on any atom is -0.452 e. The van der Waals surface area contributed by atoms with E-state index in [9.17, 15) is 9.59 Å². The molecule has 186 valence electrons. The van der Waals surface area contributed by atoms with Crippen LogP contribution in [0, 0.1) is 0 Å². The summed E-state index contributed by atoms with van der Waals surface area (Å²) < 4.78 is 10.2. The Bertz CT molecular complexity index is 638. The van der Waals surface area contributed by atoms with Crippen molar-refractivity contribution in [1.29, 1.82) is 0 Å². The van der Waals surface area contributed by atoms with Crippen molar-refractivity contribution in [3.8, 4) is 0 Å². The number of unbranched alkanes of at least 4 members (excludes halogenated alkanes) is 2. The van der Waals surface area contributed by atoms with E-state index in [4.69, 9.17) is 16.3 Å². The molecule has 5 nitrogen and oxygen atoms in total. The van der Waals surface area contributed by atoms with Gasteiger partial charge in [-0.05, 0) is 57.8 Å². The molecule has 0 aromatic carbocycles. The Morgan fingerprint density at radius 2 is 1.33 bits per heavy atom. The fraction of sp³-hybridized carbons (Fsp3) is 0.556. The van der Waals surface area contributed by atoms with E-state index in [1.54, 1.807) is 0 Å². The smallest absolute Gasteiger partial charge is 0.403 e. The minimum absolute atomic E-state index is 0.0533. The molecular weight excluding hydrogens is 438 g/mol. The Balaban J connectivity index is 3.67. The average molecular weight is 480 g/mol. The number of amides is 1. The van der Waals surface area contributed by atoms with Gasteiger partial charge < -0.3 is 14.8 Å². The first-order chi connectivity index (χ1) is 16.1. The lowest BCUT2D eigenvalue weighted by Gasteiger charge is -2.15. The summed E-state index contributed by atoms with van der Waals surface area (Å²) in [6, 6.07) is 0. The van der Waals surface area contributed by atoms with Gasteiger partial charge in [0.05, 0.1) is 6.54 Å². The summed E-state index contributed by atoms with van der Waals surface area (Å²) in [7, 11) is 0. The van der Waals surface area contributed by atoms with Crippen LogP contribution in [0.3, 0.4) is 0 Å². The molecule has 0 radical (unpaired) electrons. The largest absolute Gasteiger partial charge is 0.452 e. The zero-order valence-corrected chi connectivity index (χ0v) is 21.1. The zero-order valence-electron chi connectivity index (χ0n) is 20.3. The summed E-state index contributed by atoms with van der Waals surface area (Å²) >= 11 is 5.06. The molecule has 0 spiro atoms. The lowest BCUT2D eigenvalue weighted by atomic mass is 10.2. The molecule has 0 aromatic rings. The highest BCUT2D eigenvalue weighted by molar-refractivity contribution is 6.61. The molecule has 0 saturated carbocycles. The van der Waals surface area contributed by atoms with Gasteiger partial charge in [-0.1, -0.05) is 74.6 Å². The SMILES string of the molecule is CC/C=C\C/C=C\C/C=C\C/C=C\C/C=C\CCCCOC(CC)C(=O)NCCOC(=O)Cl. The van der Waals surface area contributed by atoms with Gasteiger partial charge in [-0.15, -0.1) is 0 Å². The van der Waals surface area contributed by atoms with Gasteiger partial charge in [0.2, 0.25) is 5.91 Å². The number of carbonyl (C=O) groups is 2. The Hall–Kier alpha value is -2.11. The standard InChI is InChI=1S/C27H42ClNO4/c1-3-5-6-7-8-9-10-11-12-13-14-15-16-17-18-19-20-21-23-32-25(4-2)26(30)29-22-24-33-27(28)31/h5-6,8-9,11-12,14-15,17-18,25H,3-4,7,10,13,16,19-24H2,1-2H3,(H,29,30)/b6-5-,9-8-,12-11-,15-14-,18-17-. The number of hydrogen-bond donors (Lipinski definition) is 1. The van der Waals surface area contributed by atoms with Crippen molar-refractivity contribution in [2.75, 3.05) is 19.8 Å². The van der Waals surface area contributed by atoms with Crippen molar-refractivity contribution >= 4 is 22.9 Å². The number of carbonyl (C=O) groups excluding carboxylic acids is 2. The number of rotatable bonds is 20. The predicted molar refractivity (Wildman–Crippen MR) is 139 cm³/mol. The van der Waals surface area contributed by atoms with Crippen LogP contribution < -0.4 is 5.32 Å². The maximum absolute atomic E-state index is 12.0. The quantitative estimate of drug-likeness (QED) is 0.114. The summed E-state index contributed by atoms with van der Waals surface area (Å²) in [5.41, 5.74) is -0.875. The molecule has 0 rings (SSSR count). The first-order valence-corrected chi connectivity index (χ1v) is 12.5. The summed E-state index contributed by atoms with van der Waals surface area (Å²) in [4.78, 5) is 22.5. The van der Waals surface area contributed by atoms with Crippen LogP contribution in [0.1, 0.15) is 71.6 Å². The van der Waals surface area contributed by atoms with Crippen LogP contribution in [0.5, 0.6) is 0 Å². The van der Waals surface area contributed by atoms with Gasteiger partial charge in [0.15, 0.2) is 0 Å². The van der Waals surface area contributed by atoms with E-state index in [1.807, 2.05) is 6.92 Å². The van der Waals surface area contributed by atoms with E-state index >= 15 is 0 Å². The first kappa shape index (κ1) is 30.9. The maximum Gasteiger partial charge on any atom is 0.403 e. The Labute approximate surface area is 205 Å². The second-order valence-corrected chi connectivity index (χ2v) is 7.66. The van der Waals surface area contributed by atoms with E-state index in [0.29, 0.717) is 13.0 Å². The normalized spacial score (nSPS) is 13.2. The van der Waals surface area contributed by atoms with Gasteiger partial charge in [-0.3, -0.25) is 4.79 Å². The number of nitrogens with one attached hydrogen (secondary N) is 1. The van der Waals surface area contributed by atoms with E-state index in [-0.39, 0.29) is 19.1 Å². The van der Waals surface area contributed by atoms with Gasteiger partial charge in [0.25, 0.3) is 0 Å². The van der Waals surface area contributed by atoms with Crippen LogP contribution in [0.2, 0.25) is 0 Å². The third-order valence-corrected chi connectivity index (χ3v) is 4.63. The number of halogens is 1. The molecule has 1 atom stereocenters. The van der Waals surface area contributed by atoms with Crippen LogP contribution >= 0.6 is 11.6 Å². The van der Waals surface area contributed by atoms with Gasteiger partial charge in [0.1, 0.15) is 12.7 Å². The highest BCUT2D eigenvalue weighted by Gasteiger charge is 2.16. The molecule has 0 bridgehead atoms. The van der Waals surface area contributed by atoms with E-state index in [0.717, 1.165) is 51.4 Å². The Morgan fingerprint density at radius 1 is 0.788 bits per heavy atom. The molecule has 6 heteroatoms. The van der Waals surface area contributed by atoms with Crippen molar-refractivity contribution in [1.82, 2.24) is 5.32 Å². The highest BCUT2D eigenvalue weighted by atomic mass is 35.5. The fourth-order valence-corrected chi connectivity index (χ4v) is 2.83. The van der Waals surface area contributed by atoms with E-state index in [1.165, 1.54) is 0 Å². The van der Waals surface area contributed by atoms with Crippen LogP contribution in [0.4, 0.5) is 4.79 Å². The van der Waals surface area contributed by atoms with Crippen molar-refractivity contribution in [3.63, 3.8) is 0 Å². The fourth-order valence-electron chi connectivity index (χ4n) is 2.76. The molecule has 0 aromatic heterocycles. The second-order valence-electron chi connectivity index (χ2n) is 7.35. The van der Waals surface area contributed by atoms with Crippen molar-refractivity contribution in [2.45, 2.75) is 77.7 Å². The zero-order chi connectivity index (χ0) is 24.4. The minimum atomic E-state index is -0.875. The summed E-state index contributed by atoms with van der Waals surface area (Å²) in [5, 5.41) is 2.67. The van der Waals surface area contributed by atoms with Gasteiger partial charge in [0, 0.05) is 18.2 Å². The van der Waals surface area contributed by atoms with E-state index in [2.05, 4.69) is 77.7 Å². The van der Waals surface area contributed by atoms with E-state index < -0.39 is 11.5 Å². The monoisotopic (exact) mass is 479 g/mol. The van der Waals surface area contributed by atoms with Crippen LogP contribution in [-0.4, -0.2) is 37.2 Å². The maximum atomic E-state index is 12.0. The number of allylic oxidation sites excluding steroid dienone is 10. The average Bonchev–Trinajstić information content (AvgIpc) is 2.80. The van der Waals surface area contributed by atoms with Gasteiger partial charge >= 0.3 is 5.43 Å². The molecule has 1 amide bonds. The molecule has 0 fully saturated rings. The van der Waals surface area contributed by atoms with Crippen molar-refractivity contribution < 1.29 is 19.1 Å². The number of hydrogen-bond acceptors (Lipinski definition) is 4. The number of ether oxygens (including phenoxy) is 2. The van der Waals surface area contributed by atoms with Crippen LogP contribution in [0.25, 0.3) is 0 Å². The van der Waals surface area contributed by atoms with Gasteiger partial charge in [-0.2, -0.15) is 0 Å². The highest BCUT2D eigenvalue weighted by Crippen LogP contribution is 2.04. The first-order valence-electron chi connectivity index (χ1n) is 12.1. The Kier molecular flexibility index (Phi) is 23.0. The molecule has 0 aliphatic heterocycles. The predicted octanol–water partition coefficient (Wildman–Crippen LogP) is 7.19. The molecule has 0 saturated heterocycles. The summed E-state index contributed by atoms with van der Waals surface area (Å²) in [5.74, 6) is -0.194. The van der Waals surface area contributed by atoms with Crippen LogP contribution in [-0.2, 0) is 14.3 Å². The van der Waals surface area contributed by atoms with Crippen molar-refractivity contribution in [3.05, 3.63) is 60.8 Å². The third-order valence-electron chi connectivity index (χ3n) is 4.52. The molecule has 0 aliphatic rings. The molecule has 33 heavy (non-hydrogen) atoms. The lowest BCUT2D eigenvalue weighted by Crippen LogP contribution is -2.38. The third kappa shape index (κ3) is 22.9. The molecule has 1 unspecified atom stereocenters. The molecule has 0 aliphatic carbocycles. The molecule has 0 heterocycles. The van der Waals surface area contributed by atoms with Crippen LogP contribution in [0.15, 0.2) is 60.8 Å². The van der Waals surface area contributed by atoms with Gasteiger partial charge in [-0.25, -0.2) is 4.79 Å². The second kappa shape index (κ2) is 24.5. The Morgan fingerprint density at radius 3 is 1.85 bits per heavy atom. The van der Waals surface area contributed by atoms with Crippen molar-refractivity contribution in [2.24, 2.45) is 0 Å². The molecule has 1 N–H and O–H groups in total. The summed E-state index contributed by atoms with van der Waals surface area (Å²) in [6.07, 6.45) is 30.0. The molecular formula is C27H42ClNO4.